The van der Waals surface area contributed by atoms with Crippen LogP contribution in [0.2, 0.25) is 0 Å². The highest BCUT2D eigenvalue weighted by Crippen LogP contribution is 2.17. The number of halogens is 1. The number of nitrogens with one attached hydrogen (secondary N) is 1. The molecule has 0 radical (unpaired) electrons. The van der Waals surface area contributed by atoms with Gasteiger partial charge in [-0.3, -0.25) is 9.59 Å². The zero-order valence-corrected chi connectivity index (χ0v) is 12.5. The number of esters is 1. The molecule has 5 nitrogen and oxygen atoms in total. The van der Waals surface area contributed by atoms with Gasteiger partial charge in [0.05, 0.1) is 19.6 Å². The zero-order valence-electron chi connectivity index (χ0n) is 11.7. The Morgan fingerprint density at radius 3 is 2.35 bits per heavy atom. The predicted octanol–water partition coefficient (Wildman–Crippen LogP) is 1.57. The quantitative estimate of drug-likeness (QED) is 0.781. The van der Waals surface area contributed by atoms with Crippen molar-refractivity contribution in [3.63, 3.8) is 0 Å². The number of benzene rings is 1. The molecule has 1 aromatic rings. The summed E-state index contributed by atoms with van der Waals surface area (Å²) in [6.45, 7) is 1.76. The molecule has 0 aromatic heterocycles. The summed E-state index contributed by atoms with van der Waals surface area (Å²) in [5.41, 5.74) is 6.45. The molecule has 112 valence electrons. The topological polar surface area (TPSA) is 81.4 Å². The first-order chi connectivity index (χ1) is 9.02. The van der Waals surface area contributed by atoms with Crippen molar-refractivity contribution in [2.75, 3.05) is 7.11 Å². The summed E-state index contributed by atoms with van der Waals surface area (Å²) < 4.78 is 4.65. The lowest BCUT2D eigenvalue weighted by Gasteiger charge is -2.18. The normalized spacial score (nSPS) is 12.8. The Morgan fingerprint density at radius 2 is 1.85 bits per heavy atom. The van der Waals surface area contributed by atoms with Crippen molar-refractivity contribution in [2.24, 2.45) is 5.73 Å². The third-order valence-corrected chi connectivity index (χ3v) is 2.64. The standard InChI is InChI=1S/C14H20N2O3.ClH/c1-10(15)8-13(17)16-12(9-14(18)19-2)11-6-4-3-5-7-11;/h3-7,10,12H,8-9,15H2,1-2H3,(H,16,17);1H. The number of methoxy groups -OCH3 is 1. The van der Waals surface area contributed by atoms with Crippen molar-refractivity contribution >= 4 is 24.3 Å². The summed E-state index contributed by atoms with van der Waals surface area (Å²) in [4.78, 5) is 23.2. The Bertz CT molecular complexity index is 424. The number of nitrogens with two attached hydrogens (primary N) is 1. The van der Waals surface area contributed by atoms with E-state index in [4.69, 9.17) is 5.73 Å². The molecule has 0 bridgehead atoms. The summed E-state index contributed by atoms with van der Waals surface area (Å²) in [6.07, 6.45) is 0.329. The van der Waals surface area contributed by atoms with Crippen LogP contribution in [0.1, 0.15) is 31.4 Å². The molecule has 0 aliphatic rings. The van der Waals surface area contributed by atoms with E-state index >= 15 is 0 Å². The van der Waals surface area contributed by atoms with Crippen molar-refractivity contribution in [1.82, 2.24) is 5.32 Å². The molecule has 1 aromatic carbocycles. The highest BCUT2D eigenvalue weighted by molar-refractivity contribution is 5.85. The SMILES string of the molecule is COC(=O)CC(NC(=O)CC(C)N)c1ccccc1.Cl. The smallest absolute Gasteiger partial charge is 0.307 e. The number of rotatable bonds is 6. The molecular formula is C14H21ClN2O3. The average Bonchev–Trinajstić information content (AvgIpc) is 2.37. The molecule has 6 heteroatoms. The average molecular weight is 301 g/mol. The lowest BCUT2D eigenvalue weighted by atomic mass is 10.0. The number of carbonyl (C=O) groups excluding carboxylic acids is 2. The Kier molecular flexibility index (Phi) is 8.59. The Hall–Kier alpha value is -1.59. The number of hydrogen-bond donors (Lipinski definition) is 2. The van der Waals surface area contributed by atoms with E-state index in [1.165, 1.54) is 7.11 Å². The zero-order chi connectivity index (χ0) is 14.3. The minimum atomic E-state index is -0.389. The molecule has 2 atom stereocenters. The maximum absolute atomic E-state index is 11.8. The molecule has 20 heavy (non-hydrogen) atoms. The maximum atomic E-state index is 11.8. The summed E-state index contributed by atoms with van der Waals surface area (Å²) in [6, 6.07) is 8.71. The highest BCUT2D eigenvalue weighted by Gasteiger charge is 2.19. The second-order valence-corrected chi connectivity index (χ2v) is 4.49. The summed E-state index contributed by atoms with van der Waals surface area (Å²) in [7, 11) is 1.33. The van der Waals surface area contributed by atoms with Crippen LogP contribution in [0.4, 0.5) is 0 Å². The first-order valence-electron chi connectivity index (χ1n) is 6.19. The van der Waals surface area contributed by atoms with Gasteiger partial charge in [0.1, 0.15) is 0 Å². The molecule has 0 aliphatic carbocycles. The predicted molar refractivity (Wildman–Crippen MR) is 79.5 cm³/mol. The van der Waals surface area contributed by atoms with E-state index in [1.807, 2.05) is 30.3 Å². The van der Waals surface area contributed by atoms with Crippen molar-refractivity contribution in [3.05, 3.63) is 35.9 Å². The van der Waals surface area contributed by atoms with Gasteiger partial charge >= 0.3 is 5.97 Å². The minimum absolute atomic E-state index is 0. The molecule has 0 saturated heterocycles. The van der Waals surface area contributed by atoms with Crippen molar-refractivity contribution in [2.45, 2.75) is 31.8 Å². The molecule has 0 aliphatic heterocycles. The largest absolute Gasteiger partial charge is 0.469 e. The van der Waals surface area contributed by atoms with Gasteiger partial charge in [-0.15, -0.1) is 12.4 Å². The Balaban J connectivity index is 0.00000361. The van der Waals surface area contributed by atoms with Crippen LogP contribution >= 0.6 is 12.4 Å². The van der Waals surface area contributed by atoms with E-state index in [2.05, 4.69) is 10.1 Å². The number of hydrogen-bond acceptors (Lipinski definition) is 4. The van der Waals surface area contributed by atoms with Crippen molar-refractivity contribution in [3.8, 4) is 0 Å². The van der Waals surface area contributed by atoms with Gasteiger partial charge in [-0.1, -0.05) is 30.3 Å². The Morgan fingerprint density at radius 1 is 1.25 bits per heavy atom. The van der Waals surface area contributed by atoms with Crippen LogP contribution < -0.4 is 11.1 Å². The van der Waals surface area contributed by atoms with Gasteiger partial charge in [0.15, 0.2) is 0 Å². The fourth-order valence-corrected chi connectivity index (χ4v) is 1.73. The van der Waals surface area contributed by atoms with Gasteiger partial charge in [-0.2, -0.15) is 0 Å². The van der Waals surface area contributed by atoms with Gasteiger partial charge in [0, 0.05) is 12.5 Å². The van der Waals surface area contributed by atoms with E-state index in [0.29, 0.717) is 0 Å². The van der Waals surface area contributed by atoms with Crippen LogP contribution in [0.15, 0.2) is 30.3 Å². The third-order valence-electron chi connectivity index (χ3n) is 2.64. The van der Waals surface area contributed by atoms with E-state index in [9.17, 15) is 9.59 Å². The van der Waals surface area contributed by atoms with Crippen LogP contribution in [0.5, 0.6) is 0 Å². The van der Waals surface area contributed by atoms with Gasteiger partial charge in [0.2, 0.25) is 5.91 Å². The summed E-state index contributed by atoms with van der Waals surface area (Å²) >= 11 is 0. The van der Waals surface area contributed by atoms with Crippen molar-refractivity contribution < 1.29 is 14.3 Å². The number of amides is 1. The van der Waals surface area contributed by atoms with Crippen molar-refractivity contribution in [1.29, 1.82) is 0 Å². The molecule has 3 N–H and O–H groups in total. The van der Waals surface area contributed by atoms with Gasteiger partial charge in [0.25, 0.3) is 0 Å². The van der Waals surface area contributed by atoms with Gasteiger partial charge in [-0.05, 0) is 12.5 Å². The van der Waals surface area contributed by atoms with E-state index < -0.39 is 0 Å². The molecule has 1 rings (SSSR count). The molecule has 0 heterocycles. The summed E-state index contributed by atoms with van der Waals surface area (Å²) in [5.74, 6) is -0.539. The first kappa shape index (κ1) is 18.4. The first-order valence-corrected chi connectivity index (χ1v) is 6.19. The van der Waals surface area contributed by atoms with Gasteiger partial charge < -0.3 is 15.8 Å². The molecule has 1 amide bonds. The minimum Gasteiger partial charge on any atom is -0.469 e. The second kappa shape index (κ2) is 9.34. The van der Waals surface area contributed by atoms with E-state index in [0.717, 1.165) is 5.56 Å². The van der Waals surface area contributed by atoms with Crippen LogP contribution in [0.25, 0.3) is 0 Å². The molecular weight excluding hydrogens is 280 g/mol. The molecule has 0 saturated carbocycles. The number of carbonyl (C=O) groups is 2. The summed E-state index contributed by atoms with van der Waals surface area (Å²) in [5, 5.41) is 2.81. The maximum Gasteiger partial charge on any atom is 0.307 e. The fraction of sp³-hybridized carbons (Fsp3) is 0.429. The lowest BCUT2D eigenvalue weighted by molar-refractivity contribution is -0.141. The second-order valence-electron chi connectivity index (χ2n) is 4.49. The monoisotopic (exact) mass is 300 g/mol. The molecule has 2 unspecified atom stereocenters. The Labute approximate surface area is 125 Å². The van der Waals surface area contributed by atoms with E-state index in [1.54, 1.807) is 6.92 Å². The number of ether oxygens (including phenoxy) is 1. The van der Waals surface area contributed by atoms with Gasteiger partial charge in [-0.25, -0.2) is 0 Å². The third kappa shape index (κ3) is 6.54. The van der Waals surface area contributed by atoms with Crippen LogP contribution in [0.3, 0.4) is 0 Å². The lowest BCUT2D eigenvalue weighted by Crippen LogP contribution is -2.34. The highest BCUT2D eigenvalue weighted by atomic mass is 35.5. The molecule has 0 spiro atoms. The fourth-order valence-electron chi connectivity index (χ4n) is 1.73. The van der Waals surface area contributed by atoms with Crippen LogP contribution in [-0.2, 0) is 14.3 Å². The van der Waals surface area contributed by atoms with E-state index in [-0.39, 0.29) is 49.2 Å². The van der Waals surface area contributed by atoms with Crippen LogP contribution in [-0.4, -0.2) is 25.0 Å². The molecule has 0 fully saturated rings. The van der Waals surface area contributed by atoms with Crippen LogP contribution in [0, 0.1) is 0 Å².